The van der Waals surface area contributed by atoms with Gasteiger partial charge >= 0.3 is 0 Å². The number of hydrogen-bond donors (Lipinski definition) is 1. The molecule has 0 spiro atoms. The lowest BCUT2D eigenvalue weighted by Gasteiger charge is -2.07. The van der Waals surface area contributed by atoms with E-state index in [4.69, 9.17) is 0 Å². The van der Waals surface area contributed by atoms with Crippen LogP contribution in [0.1, 0.15) is 6.42 Å². The van der Waals surface area contributed by atoms with Crippen molar-refractivity contribution in [3.8, 4) is 0 Å². The van der Waals surface area contributed by atoms with Gasteiger partial charge in [0.25, 0.3) is 0 Å². The molecule has 9 heavy (non-hydrogen) atoms. The largest absolute Gasteiger partial charge is 0.316 e. The van der Waals surface area contributed by atoms with E-state index in [1.54, 1.807) is 0 Å². The molecule has 2 atom stereocenters. The minimum absolute atomic E-state index is 0.309. The molecular weight excluding hydrogens is 246 g/mol. The van der Waals surface area contributed by atoms with Gasteiger partial charge in [0.05, 0.1) is 3.23 Å². The Balaban J connectivity index is 2.06. The van der Waals surface area contributed by atoms with Gasteiger partial charge in [-0.1, -0.05) is 31.9 Å². The van der Waals surface area contributed by atoms with Crippen LogP contribution in [0.5, 0.6) is 0 Å². The third kappa shape index (κ3) is 0.889. The highest BCUT2D eigenvalue weighted by Crippen LogP contribution is 2.63. The van der Waals surface area contributed by atoms with E-state index in [1.165, 1.54) is 19.5 Å². The first-order valence-corrected chi connectivity index (χ1v) is 4.90. The van der Waals surface area contributed by atoms with Gasteiger partial charge < -0.3 is 5.32 Å². The van der Waals surface area contributed by atoms with Gasteiger partial charge in [-0.3, -0.25) is 0 Å². The second kappa shape index (κ2) is 1.95. The lowest BCUT2D eigenvalue weighted by Crippen LogP contribution is -2.23. The van der Waals surface area contributed by atoms with Gasteiger partial charge in [-0.25, -0.2) is 0 Å². The molecule has 2 fully saturated rings. The van der Waals surface area contributed by atoms with E-state index in [2.05, 4.69) is 37.2 Å². The molecule has 2 rings (SSSR count). The van der Waals surface area contributed by atoms with Gasteiger partial charge in [-0.2, -0.15) is 0 Å². The molecule has 0 aromatic carbocycles. The van der Waals surface area contributed by atoms with Gasteiger partial charge in [-0.15, -0.1) is 0 Å². The van der Waals surface area contributed by atoms with E-state index in [-0.39, 0.29) is 0 Å². The molecule has 1 saturated heterocycles. The fraction of sp³-hybridized carbons (Fsp3) is 1.00. The van der Waals surface area contributed by atoms with Crippen LogP contribution in [0.15, 0.2) is 0 Å². The molecular formula is C6H9Br2N. The molecule has 0 bridgehead atoms. The van der Waals surface area contributed by atoms with E-state index >= 15 is 0 Å². The van der Waals surface area contributed by atoms with Crippen LogP contribution in [-0.4, -0.2) is 16.3 Å². The van der Waals surface area contributed by atoms with Gasteiger partial charge in [-0.05, 0) is 18.9 Å². The Hall–Kier alpha value is 0.920. The molecule has 0 amide bonds. The summed E-state index contributed by atoms with van der Waals surface area (Å²) in [7, 11) is 0. The van der Waals surface area contributed by atoms with Gasteiger partial charge in [0.2, 0.25) is 0 Å². The number of alkyl halides is 2. The molecule has 0 aromatic rings. The molecule has 1 heterocycles. The Kier molecular flexibility index (Phi) is 1.44. The minimum Gasteiger partial charge on any atom is -0.316 e. The molecule has 1 aliphatic heterocycles. The zero-order chi connectivity index (χ0) is 6.48. The maximum absolute atomic E-state index is 3.66. The monoisotopic (exact) mass is 253 g/mol. The average molecular weight is 255 g/mol. The average Bonchev–Trinajstić information content (AvgIpc) is 2.39. The van der Waals surface area contributed by atoms with Crippen LogP contribution in [-0.2, 0) is 0 Å². The summed E-state index contributed by atoms with van der Waals surface area (Å²) in [5.41, 5.74) is 0. The molecule has 1 saturated carbocycles. The van der Waals surface area contributed by atoms with Gasteiger partial charge in [0, 0.05) is 12.5 Å². The number of rotatable bonds is 0. The van der Waals surface area contributed by atoms with E-state index in [0.29, 0.717) is 3.23 Å². The van der Waals surface area contributed by atoms with Crippen LogP contribution in [0.25, 0.3) is 0 Å². The van der Waals surface area contributed by atoms with Crippen molar-refractivity contribution in [3.05, 3.63) is 0 Å². The Morgan fingerprint density at radius 3 is 2.56 bits per heavy atom. The first kappa shape index (κ1) is 6.62. The van der Waals surface area contributed by atoms with Crippen LogP contribution in [0, 0.1) is 11.8 Å². The highest BCUT2D eigenvalue weighted by atomic mass is 79.9. The fourth-order valence-electron chi connectivity index (χ4n) is 1.65. The number of hydrogen-bond acceptors (Lipinski definition) is 1. The summed E-state index contributed by atoms with van der Waals surface area (Å²) >= 11 is 7.31. The Labute approximate surface area is 71.8 Å². The number of piperidine rings is 1. The Bertz CT molecular complexity index is 121. The summed E-state index contributed by atoms with van der Waals surface area (Å²) in [6.07, 6.45) is 1.32. The maximum Gasteiger partial charge on any atom is 0.0881 e. The number of fused-ring (bicyclic) bond motifs is 1. The first-order valence-electron chi connectivity index (χ1n) is 3.31. The number of halogens is 2. The van der Waals surface area contributed by atoms with Crippen LogP contribution in [0.4, 0.5) is 0 Å². The molecule has 0 aromatic heterocycles. The summed E-state index contributed by atoms with van der Waals surface area (Å²) in [5.74, 6) is 1.73. The molecule has 1 N–H and O–H groups in total. The van der Waals surface area contributed by atoms with Crippen molar-refractivity contribution in [3.63, 3.8) is 0 Å². The van der Waals surface area contributed by atoms with Crippen molar-refractivity contribution in [2.24, 2.45) is 11.8 Å². The van der Waals surface area contributed by atoms with E-state index in [1.807, 2.05) is 0 Å². The summed E-state index contributed by atoms with van der Waals surface area (Å²) in [6, 6.07) is 0. The van der Waals surface area contributed by atoms with Crippen molar-refractivity contribution in [1.82, 2.24) is 5.32 Å². The molecule has 3 heteroatoms. The smallest absolute Gasteiger partial charge is 0.0881 e. The van der Waals surface area contributed by atoms with Crippen LogP contribution < -0.4 is 5.32 Å². The predicted molar refractivity (Wildman–Crippen MR) is 45.1 cm³/mol. The first-order chi connectivity index (χ1) is 4.23. The molecule has 1 aliphatic carbocycles. The summed E-state index contributed by atoms with van der Waals surface area (Å²) < 4.78 is 0.309. The molecule has 2 aliphatic rings. The third-order valence-electron chi connectivity index (χ3n) is 2.36. The van der Waals surface area contributed by atoms with Crippen molar-refractivity contribution >= 4 is 31.9 Å². The van der Waals surface area contributed by atoms with Crippen LogP contribution >= 0.6 is 31.9 Å². The second-order valence-corrected chi connectivity index (χ2v) is 6.57. The molecule has 52 valence electrons. The maximum atomic E-state index is 3.66. The molecule has 0 unspecified atom stereocenters. The van der Waals surface area contributed by atoms with E-state index < -0.39 is 0 Å². The van der Waals surface area contributed by atoms with Crippen molar-refractivity contribution in [1.29, 1.82) is 0 Å². The number of nitrogens with one attached hydrogen (secondary N) is 1. The molecule has 1 nitrogen and oxygen atoms in total. The Morgan fingerprint density at radius 1 is 1.33 bits per heavy atom. The SMILES string of the molecule is BrC1(Br)[C@@H]2CCNC[C@H]21. The lowest BCUT2D eigenvalue weighted by molar-refractivity contribution is 0.497. The van der Waals surface area contributed by atoms with E-state index in [9.17, 15) is 0 Å². The van der Waals surface area contributed by atoms with Gasteiger partial charge in [0.15, 0.2) is 0 Å². The quantitative estimate of drug-likeness (QED) is 0.650. The van der Waals surface area contributed by atoms with Crippen molar-refractivity contribution in [2.45, 2.75) is 9.65 Å². The zero-order valence-electron chi connectivity index (χ0n) is 5.03. The van der Waals surface area contributed by atoms with Crippen LogP contribution in [0.3, 0.4) is 0 Å². The highest BCUT2D eigenvalue weighted by molar-refractivity contribution is 9.25. The fourth-order valence-corrected chi connectivity index (χ4v) is 3.44. The van der Waals surface area contributed by atoms with Gasteiger partial charge in [0.1, 0.15) is 0 Å². The van der Waals surface area contributed by atoms with E-state index in [0.717, 1.165) is 11.8 Å². The summed E-state index contributed by atoms with van der Waals surface area (Å²) in [4.78, 5) is 0. The topological polar surface area (TPSA) is 12.0 Å². The second-order valence-electron chi connectivity index (χ2n) is 2.88. The standard InChI is InChI=1S/C6H9Br2N/c7-6(8)4-1-2-9-3-5(4)6/h4-5,9H,1-3H2/t4-,5-/m1/s1. The molecule has 0 radical (unpaired) electrons. The van der Waals surface area contributed by atoms with Crippen molar-refractivity contribution in [2.75, 3.05) is 13.1 Å². The minimum atomic E-state index is 0.309. The van der Waals surface area contributed by atoms with Crippen LogP contribution in [0.2, 0.25) is 0 Å². The third-order valence-corrected chi connectivity index (χ3v) is 4.71. The predicted octanol–water partition coefficient (Wildman–Crippen LogP) is 1.71. The normalized spacial score (nSPS) is 46.0. The van der Waals surface area contributed by atoms with Crippen molar-refractivity contribution < 1.29 is 0 Å². The Morgan fingerprint density at radius 2 is 2.11 bits per heavy atom. The summed E-state index contributed by atoms with van der Waals surface area (Å²) in [5, 5.41) is 3.37. The lowest BCUT2D eigenvalue weighted by atomic mass is 10.2. The summed E-state index contributed by atoms with van der Waals surface area (Å²) in [6.45, 7) is 2.38. The highest BCUT2D eigenvalue weighted by Gasteiger charge is 2.61. The zero-order valence-corrected chi connectivity index (χ0v) is 8.20.